The van der Waals surface area contributed by atoms with Gasteiger partial charge in [-0.25, -0.2) is 13.2 Å². The van der Waals surface area contributed by atoms with E-state index in [2.05, 4.69) is 9.98 Å². The fraction of sp³-hybridized carbons (Fsp3) is 0.318. The van der Waals surface area contributed by atoms with Crippen LogP contribution in [0.2, 0.25) is 0 Å². The molecule has 10 heteroatoms. The lowest BCUT2D eigenvalue weighted by Gasteiger charge is -2.54. The molecule has 2 aliphatic heterocycles. The molecule has 0 unspecified atom stereocenters. The molecule has 1 saturated heterocycles. The summed E-state index contributed by atoms with van der Waals surface area (Å²) in [6.07, 6.45) is 2.69. The lowest BCUT2D eigenvalue weighted by atomic mass is 9.86. The number of pyridine rings is 1. The van der Waals surface area contributed by atoms with Crippen LogP contribution in [0.5, 0.6) is 0 Å². The Morgan fingerprint density at radius 3 is 2.75 bits per heavy atom. The van der Waals surface area contributed by atoms with Gasteiger partial charge in [-0.15, -0.1) is 0 Å². The third-order valence-corrected chi connectivity index (χ3v) is 9.57. The van der Waals surface area contributed by atoms with Gasteiger partial charge in [0, 0.05) is 11.8 Å². The largest absolute Gasteiger partial charge is 0.386 e. The maximum atomic E-state index is 14.9. The molecule has 0 saturated carbocycles. The number of nitrogens with zero attached hydrogens (tertiary/aromatic N) is 3. The van der Waals surface area contributed by atoms with Gasteiger partial charge >= 0.3 is 0 Å². The summed E-state index contributed by atoms with van der Waals surface area (Å²) in [4.78, 5) is 8.25. The summed E-state index contributed by atoms with van der Waals surface area (Å²) in [6, 6.07) is 8.54. The lowest BCUT2D eigenvalue weighted by Crippen LogP contribution is -2.55. The van der Waals surface area contributed by atoms with Crippen LogP contribution in [0.1, 0.15) is 42.1 Å². The van der Waals surface area contributed by atoms with Crippen LogP contribution in [-0.4, -0.2) is 36.6 Å². The topological polar surface area (TPSA) is 116 Å². The number of fused-ring (bicyclic) bond motifs is 2. The van der Waals surface area contributed by atoms with Crippen molar-refractivity contribution in [3.63, 3.8) is 0 Å². The van der Waals surface area contributed by atoms with Gasteiger partial charge in [-0.3, -0.25) is 19.1 Å². The van der Waals surface area contributed by atoms with Gasteiger partial charge in [-0.2, -0.15) is 15.9 Å². The lowest BCUT2D eigenvalue weighted by molar-refractivity contribution is 0.368. The molecule has 2 aliphatic rings. The van der Waals surface area contributed by atoms with E-state index in [4.69, 9.17) is 11.0 Å². The summed E-state index contributed by atoms with van der Waals surface area (Å²) < 4.78 is 63.7. The number of hydrogen-bond acceptors (Lipinski definition) is 6. The number of benzene rings is 1. The van der Waals surface area contributed by atoms with Crippen molar-refractivity contribution in [3.05, 3.63) is 64.7 Å². The summed E-state index contributed by atoms with van der Waals surface area (Å²) in [5, 5.41) is 7.90. The van der Waals surface area contributed by atoms with E-state index in [0.717, 1.165) is 12.1 Å². The molecule has 3 heterocycles. The maximum absolute atomic E-state index is 14.9. The Kier molecular flexibility index (Phi) is 5.32. The number of hydrogen-bond donors (Lipinski definition) is 3. The van der Waals surface area contributed by atoms with Crippen LogP contribution in [0, 0.1) is 17.1 Å². The normalized spacial score (nSPS) is 29.8. The van der Waals surface area contributed by atoms with Gasteiger partial charge in [0.05, 0.1) is 16.5 Å². The second-order valence-electron chi connectivity index (χ2n) is 8.17. The van der Waals surface area contributed by atoms with E-state index < -0.39 is 44.4 Å². The van der Waals surface area contributed by atoms with Crippen molar-refractivity contribution in [2.24, 2.45) is 10.7 Å². The van der Waals surface area contributed by atoms with E-state index in [1.165, 1.54) is 37.4 Å². The molecule has 4 rings (SSSR count). The summed E-state index contributed by atoms with van der Waals surface area (Å²) in [7, 11) is -3.57. The molecular formula is C22H21F3N4O2S. The van der Waals surface area contributed by atoms with Crippen molar-refractivity contribution >= 4 is 28.3 Å². The molecule has 1 fully saturated rings. The Bertz CT molecular complexity index is 1180. The highest BCUT2D eigenvalue weighted by Crippen LogP contribution is 2.71. The maximum Gasteiger partial charge on any atom is 0.149 e. The molecule has 6 nitrogen and oxygen atoms in total. The predicted molar refractivity (Wildman–Crippen MR) is 118 cm³/mol. The minimum Gasteiger partial charge on any atom is -0.386 e. The highest BCUT2D eigenvalue weighted by atomic mass is 32.3. The summed E-state index contributed by atoms with van der Waals surface area (Å²) in [5.74, 6) is -1.62. The van der Waals surface area contributed by atoms with Crippen molar-refractivity contribution in [2.75, 3.05) is 6.67 Å². The summed E-state index contributed by atoms with van der Waals surface area (Å²) in [6.45, 7) is 0.460. The number of amidine groups is 1. The van der Waals surface area contributed by atoms with Gasteiger partial charge in [0.2, 0.25) is 0 Å². The zero-order valence-electron chi connectivity index (χ0n) is 17.1. The van der Waals surface area contributed by atoms with Crippen molar-refractivity contribution in [2.45, 2.75) is 35.3 Å². The van der Waals surface area contributed by atoms with E-state index >= 15 is 0 Å². The van der Waals surface area contributed by atoms with Crippen molar-refractivity contribution in [1.82, 2.24) is 4.98 Å². The number of rotatable bonds is 4. The fourth-order valence-electron chi connectivity index (χ4n) is 4.55. The second kappa shape index (κ2) is 7.62. The molecular weight excluding hydrogens is 441 g/mol. The SMILES string of the molecule is C[C@]1(c2cc(/C=C(\F)c3ccc(C#N)cn3)ccc2F)N=C(N)[C@@]2(CF)CC[C@@H]1S2(O)O. The van der Waals surface area contributed by atoms with Crippen molar-refractivity contribution < 1.29 is 22.3 Å². The number of aromatic nitrogens is 1. The first-order valence-corrected chi connectivity index (χ1v) is 11.4. The van der Waals surface area contributed by atoms with Gasteiger partial charge in [-0.1, -0.05) is 6.07 Å². The molecule has 0 aliphatic carbocycles. The Morgan fingerprint density at radius 2 is 2.12 bits per heavy atom. The molecule has 0 radical (unpaired) electrons. The first kappa shape index (κ1) is 22.3. The zero-order valence-corrected chi connectivity index (χ0v) is 17.9. The fourth-order valence-corrected chi connectivity index (χ4v) is 7.29. The third kappa shape index (κ3) is 3.11. The minimum atomic E-state index is -3.57. The highest BCUT2D eigenvalue weighted by Gasteiger charge is 2.65. The average Bonchev–Trinajstić information content (AvgIpc) is 2.98. The van der Waals surface area contributed by atoms with Crippen LogP contribution in [0.25, 0.3) is 11.9 Å². The van der Waals surface area contributed by atoms with Gasteiger partial charge in [0.25, 0.3) is 0 Å². The van der Waals surface area contributed by atoms with Gasteiger partial charge in [0.15, 0.2) is 0 Å². The quantitative estimate of drug-likeness (QED) is 0.606. The van der Waals surface area contributed by atoms with Crippen LogP contribution in [-0.2, 0) is 5.54 Å². The van der Waals surface area contributed by atoms with Crippen LogP contribution in [0.4, 0.5) is 13.2 Å². The Labute approximate surface area is 184 Å². The number of nitriles is 1. The average molecular weight is 462 g/mol. The predicted octanol–water partition coefficient (Wildman–Crippen LogP) is 4.77. The molecule has 32 heavy (non-hydrogen) atoms. The van der Waals surface area contributed by atoms with E-state index in [0.29, 0.717) is 0 Å². The van der Waals surface area contributed by atoms with Crippen LogP contribution >= 0.6 is 10.6 Å². The van der Waals surface area contributed by atoms with Crippen LogP contribution in [0.3, 0.4) is 0 Å². The number of aliphatic imine (C=N–C) groups is 1. The second-order valence-corrected chi connectivity index (χ2v) is 10.7. The van der Waals surface area contributed by atoms with Crippen LogP contribution < -0.4 is 5.73 Å². The molecule has 0 spiro atoms. The summed E-state index contributed by atoms with van der Waals surface area (Å²) in [5.41, 5.74) is 5.12. The molecule has 1 aromatic heterocycles. The minimum absolute atomic E-state index is 0.00119. The molecule has 2 aromatic rings. The molecule has 0 amide bonds. The van der Waals surface area contributed by atoms with Gasteiger partial charge < -0.3 is 5.73 Å². The van der Waals surface area contributed by atoms with E-state index in [1.54, 1.807) is 0 Å². The monoisotopic (exact) mass is 462 g/mol. The van der Waals surface area contributed by atoms with E-state index in [-0.39, 0.29) is 41.1 Å². The first-order chi connectivity index (χ1) is 15.1. The molecule has 2 bridgehead atoms. The molecule has 4 N–H and O–H groups in total. The Hall–Kier alpha value is -2.87. The first-order valence-electron chi connectivity index (χ1n) is 9.81. The van der Waals surface area contributed by atoms with Crippen molar-refractivity contribution in [1.29, 1.82) is 5.26 Å². The standard InChI is InChI=1S/C22H21F3N4O2S/c1-21(19-6-7-22(12-23,20(27)29-21)32(19,30)31)15-8-13(2-4-16(15)24)9-17(25)18-5-3-14(10-26)11-28-18/h2-5,8-9,11,19,30-31H,6-7,12H2,1H3,(H2,27,29)/b17-9-/t19-,21+,22-/m0/s1. The van der Waals surface area contributed by atoms with Gasteiger partial charge in [-0.05, 0) is 55.7 Å². The number of alkyl halides is 1. The van der Waals surface area contributed by atoms with Gasteiger partial charge in [0.1, 0.15) is 40.5 Å². The molecule has 1 aromatic carbocycles. The Morgan fingerprint density at radius 1 is 1.38 bits per heavy atom. The zero-order chi connectivity index (χ0) is 23.3. The van der Waals surface area contributed by atoms with Crippen molar-refractivity contribution in [3.8, 4) is 6.07 Å². The van der Waals surface area contributed by atoms with Crippen LogP contribution in [0.15, 0.2) is 41.5 Å². The smallest absolute Gasteiger partial charge is 0.149 e. The Balaban J connectivity index is 1.78. The van der Waals surface area contributed by atoms with E-state index in [1.807, 2.05) is 6.07 Å². The molecule has 168 valence electrons. The number of nitrogens with two attached hydrogens (primary N) is 1. The van der Waals surface area contributed by atoms with E-state index in [9.17, 15) is 22.3 Å². The summed E-state index contributed by atoms with van der Waals surface area (Å²) >= 11 is 0. The third-order valence-electron chi connectivity index (χ3n) is 6.41. The number of halogens is 3. The highest BCUT2D eigenvalue weighted by molar-refractivity contribution is 8.26. The molecule has 3 atom stereocenters.